The van der Waals surface area contributed by atoms with Crippen LogP contribution in [0.4, 0.5) is 5.69 Å². The molecule has 5 aliphatic rings. The molecule has 1 aliphatic carbocycles. The molecule has 5 aromatic carbocycles. The summed E-state index contributed by atoms with van der Waals surface area (Å²) in [4.78, 5) is 57.1. The van der Waals surface area contributed by atoms with Gasteiger partial charge in [0, 0.05) is 44.3 Å². The van der Waals surface area contributed by atoms with Gasteiger partial charge in [-0.25, -0.2) is 0 Å². The molecule has 56 heavy (non-hydrogen) atoms. The van der Waals surface area contributed by atoms with E-state index in [9.17, 15) is 24.3 Å². The van der Waals surface area contributed by atoms with Crippen molar-refractivity contribution in [2.24, 2.45) is 5.41 Å². The predicted octanol–water partition coefficient (Wildman–Crippen LogP) is 7.83. The molecule has 0 aromatic heterocycles. The molecule has 2 N–H and O–H groups in total. The third kappa shape index (κ3) is 5.87. The van der Waals surface area contributed by atoms with Gasteiger partial charge in [0.25, 0.3) is 11.8 Å². The lowest BCUT2D eigenvalue weighted by Crippen LogP contribution is -2.54. The maximum atomic E-state index is 13.4. The Bertz CT molecular complexity index is 2380. The van der Waals surface area contributed by atoms with E-state index in [1.54, 1.807) is 6.07 Å². The van der Waals surface area contributed by atoms with Crippen molar-refractivity contribution in [1.82, 2.24) is 15.1 Å². The second kappa shape index (κ2) is 13.4. The van der Waals surface area contributed by atoms with Crippen molar-refractivity contribution in [2.75, 3.05) is 18.0 Å². The summed E-state index contributed by atoms with van der Waals surface area (Å²) in [6.07, 6.45) is 7.37. The Labute approximate surface area is 325 Å². The van der Waals surface area contributed by atoms with Gasteiger partial charge in [0.05, 0.1) is 11.1 Å². The molecule has 10 rings (SSSR count). The lowest BCUT2D eigenvalue weighted by molar-refractivity contribution is -0.136. The zero-order chi connectivity index (χ0) is 38.1. The summed E-state index contributed by atoms with van der Waals surface area (Å²) in [5.41, 5.74) is 9.24. The molecular weight excluding hydrogens is 701 g/mol. The molecule has 2 saturated heterocycles. The minimum Gasteiger partial charge on any atom is -0.508 e. The maximum absolute atomic E-state index is 13.4. The molecule has 282 valence electrons. The van der Waals surface area contributed by atoms with Gasteiger partial charge in [-0.1, -0.05) is 60.7 Å². The van der Waals surface area contributed by atoms with Crippen LogP contribution in [0.25, 0.3) is 33.0 Å². The average Bonchev–Trinajstić information content (AvgIpc) is 3.74. The van der Waals surface area contributed by atoms with Gasteiger partial charge in [0.15, 0.2) is 0 Å². The largest absolute Gasteiger partial charge is 0.508 e. The van der Waals surface area contributed by atoms with Gasteiger partial charge in [0.2, 0.25) is 11.8 Å². The topological polar surface area (TPSA) is 110 Å². The highest BCUT2D eigenvalue weighted by Crippen LogP contribution is 2.48. The van der Waals surface area contributed by atoms with Crippen LogP contribution in [0.3, 0.4) is 0 Å². The molecule has 3 fully saturated rings. The number of fused-ring (bicyclic) bond motifs is 3. The van der Waals surface area contributed by atoms with E-state index in [0.717, 1.165) is 71.4 Å². The predicted molar refractivity (Wildman–Crippen MR) is 215 cm³/mol. The maximum Gasteiger partial charge on any atom is 0.262 e. The van der Waals surface area contributed by atoms with E-state index >= 15 is 0 Å². The Kier molecular flexibility index (Phi) is 8.33. The van der Waals surface area contributed by atoms with Crippen molar-refractivity contribution in [3.05, 3.63) is 119 Å². The highest BCUT2D eigenvalue weighted by molar-refractivity contribution is 6.23. The molecule has 4 heterocycles. The number of benzene rings is 5. The Morgan fingerprint density at radius 2 is 1.34 bits per heavy atom. The van der Waals surface area contributed by atoms with Crippen molar-refractivity contribution in [2.45, 2.75) is 76.5 Å². The van der Waals surface area contributed by atoms with Gasteiger partial charge in [-0.2, -0.15) is 0 Å². The van der Waals surface area contributed by atoms with Crippen LogP contribution in [0.1, 0.15) is 83.2 Å². The Balaban J connectivity index is 0.779. The highest BCUT2D eigenvalue weighted by atomic mass is 16.3. The smallest absolute Gasteiger partial charge is 0.262 e. The summed E-state index contributed by atoms with van der Waals surface area (Å²) < 4.78 is 0. The number of carbonyl (C=O) groups is 4. The Hall–Kier alpha value is -5.80. The molecule has 1 unspecified atom stereocenters. The number of carbonyl (C=O) groups excluding carboxylic acids is 4. The number of nitrogens with zero attached hydrogens (tertiary/aromatic N) is 3. The van der Waals surface area contributed by atoms with Crippen LogP contribution in [0.2, 0.25) is 0 Å². The van der Waals surface area contributed by atoms with Crippen molar-refractivity contribution < 1.29 is 24.3 Å². The van der Waals surface area contributed by atoms with Crippen LogP contribution in [0.5, 0.6) is 5.75 Å². The molecule has 5 aromatic rings. The standard InChI is InChI=1S/C47H44N4O5/c52-36-11-13-38-31(24-36)8-12-37(29-4-2-1-3-5-29)43(38)30-6-9-34(10-7-30)49-22-20-47(21-23-49)18-16-35(17-19-47)50-27-32-25-39-40(26-33(32)28-50)46(56)51(45(39)55)41-14-15-42(53)48-44(41)54/h1-13,24-26,35,41,52H,14-23,27-28H2,(H,48,53,54). The van der Waals surface area contributed by atoms with Crippen molar-refractivity contribution >= 4 is 40.1 Å². The molecule has 4 aliphatic heterocycles. The van der Waals surface area contributed by atoms with Crippen LogP contribution in [-0.2, 0) is 22.7 Å². The number of anilines is 1. The second-order valence-corrected chi connectivity index (χ2v) is 16.5. The number of nitrogens with one attached hydrogen (secondary N) is 1. The SMILES string of the molecule is O=C1CCC(N2C(=O)c3cc4c(cc3C2=O)CN(C2CCC3(CC2)CCN(c2ccc(-c5c(-c6ccccc6)ccc6cc(O)ccc56)cc2)CC3)C4)C(=O)N1. The van der Waals surface area contributed by atoms with Crippen LogP contribution < -0.4 is 10.2 Å². The third-order valence-corrected chi connectivity index (χ3v) is 13.5. The quantitative estimate of drug-likeness (QED) is 0.177. The van der Waals surface area contributed by atoms with Crippen molar-refractivity contribution in [3.8, 4) is 28.0 Å². The van der Waals surface area contributed by atoms with E-state index in [1.165, 1.54) is 48.1 Å². The van der Waals surface area contributed by atoms with Gasteiger partial charge in [-0.3, -0.25) is 34.3 Å². The number of imide groups is 2. The van der Waals surface area contributed by atoms with E-state index in [1.807, 2.05) is 30.3 Å². The third-order valence-electron chi connectivity index (χ3n) is 13.5. The highest BCUT2D eigenvalue weighted by Gasteiger charge is 2.46. The van der Waals surface area contributed by atoms with Crippen LogP contribution >= 0.6 is 0 Å². The number of piperidine rings is 2. The molecule has 9 nitrogen and oxygen atoms in total. The minimum absolute atomic E-state index is 0.113. The summed E-state index contributed by atoms with van der Waals surface area (Å²) in [5.74, 6) is -1.56. The van der Waals surface area contributed by atoms with E-state index in [2.05, 4.69) is 75.8 Å². The molecule has 0 bridgehead atoms. The van der Waals surface area contributed by atoms with E-state index in [-0.39, 0.29) is 24.5 Å². The number of amides is 4. The summed E-state index contributed by atoms with van der Waals surface area (Å²) in [5, 5.41) is 14.6. The van der Waals surface area contributed by atoms with Crippen molar-refractivity contribution in [3.63, 3.8) is 0 Å². The summed E-state index contributed by atoms with van der Waals surface area (Å²) in [6, 6.07) is 32.7. The average molecular weight is 745 g/mol. The fraction of sp³-hybridized carbons (Fsp3) is 0.319. The molecule has 1 spiro atoms. The first-order valence-corrected chi connectivity index (χ1v) is 20.0. The summed E-state index contributed by atoms with van der Waals surface area (Å²) in [6.45, 7) is 3.62. The van der Waals surface area contributed by atoms with Crippen LogP contribution in [0, 0.1) is 5.41 Å². The molecule has 0 radical (unpaired) electrons. The zero-order valence-electron chi connectivity index (χ0n) is 31.3. The van der Waals surface area contributed by atoms with Gasteiger partial charge in [-0.05, 0) is 131 Å². The van der Waals surface area contributed by atoms with Crippen LogP contribution in [-0.4, -0.2) is 63.7 Å². The van der Waals surface area contributed by atoms with E-state index < -0.39 is 23.8 Å². The number of phenols is 1. The fourth-order valence-corrected chi connectivity index (χ4v) is 10.3. The lowest BCUT2D eigenvalue weighted by Gasteiger charge is -2.48. The first-order valence-electron chi connectivity index (χ1n) is 20.0. The van der Waals surface area contributed by atoms with Gasteiger partial charge >= 0.3 is 0 Å². The fourth-order valence-electron chi connectivity index (χ4n) is 10.3. The van der Waals surface area contributed by atoms with Crippen LogP contribution in [0.15, 0.2) is 97.1 Å². The number of rotatable bonds is 5. The summed E-state index contributed by atoms with van der Waals surface area (Å²) in [7, 11) is 0. The second-order valence-electron chi connectivity index (χ2n) is 16.5. The Morgan fingerprint density at radius 3 is 2.00 bits per heavy atom. The molecule has 9 heteroatoms. The van der Waals surface area contributed by atoms with Crippen molar-refractivity contribution in [1.29, 1.82) is 0 Å². The van der Waals surface area contributed by atoms with Gasteiger partial charge < -0.3 is 10.0 Å². The van der Waals surface area contributed by atoms with Gasteiger partial charge in [0.1, 0.15) is 11.8 Å². The van der Waals surface area contributed by atoms with E-state index in [0.29, 0.717) is 22.6 Å². The first-order chi connectivity index (χ1) is 27.2. The number of phenolic OH excluding ortho intramolecular Hbond substituents is 1. The number of hydrogen-bond donors (Lipinski definition) is 2. The molecule has 4 amide bonds. The number of hydrogen-bond acceptors (Lipinski definition) is 7. The lowest BCUT2D eigenvalue weighted by atomic mass is 9.66. The summed E-state index contributed by atoms with van der Waals surface area (Å²) >= 11 is 0. The molecule has 1 atom stereocenters. The molecular formula is C47H44N4O5. The zero-order valence-corrected chi connectivity index (χ0v) is 31.3. The van der Waals surface area contributed by atoms with E-state index in [4.69, 9.17) is 0 Å². The first kappa shape index (κ1) is 34.7. The monoisotopic (exact) mass is 744 g/mol. The minimum atomic E-state index is -0.944. The number of aromatic hydroxyl groups is 1. The normalized spacial score (nSPS) is 21.2. The van der Waals surface area contributed by atoms with Gasteiger partial charge in [-0.15, -0.1) is 0 Å². The Morgan fingerprint density at radius 1 is 0.661 bits per heavy atom. The molecule has 1 saturated carbocycles.